The number of aromatic amines is 1. The lowest BCUT2D eigenvalue weighted by Crippen LogP contribution is -2.41. The highest BCUT2D eigenvalue weighted by Gasteiger charge is 2.55. The highest BCUT2D eigenvalue weighted by molar-refractivity contribution is 9.10. The summed E-state index contributed by atoms with van der Waals surface area (Å²) >= 11 is 3.53. The minimum atomic E-state index is -1.27. The van der Waals surface area contributed by atoms with Crippen molar-refractivity contribution in [2.75, 3.05) is 11.9 Å². The first-order valence-corrected chi connectivity index (χ1v) is 9.64. The van der Waals surface area contributed by atoms with Crippen LogP contribution in [0.1, 0.15) is 17.0 Å². The van der Waals surface area contributed by atoms with E-state index in [2.05, 4.69) is 20.9 Å². The van der Waals surface area contributed by atoms with Crippen molar-refractivity contribution in [3.05, 3.63) is 88.2 Å². The minimum absolute atomic E-state index is 0.0533. The Morgan fingerprint density at radius 2 is 1.79 bits per heavy atom. The second kappa shape index (κ2) is 5.94. The van der Waals surface area contributed by atoms with Gasteiger partial charge in [0.15, 0.2) is 5.41 Å². The van der Waals surface area contributed by atoms with Crippen molar-refractivity contribution in [2.45, 2.75) is 5.41 Å². The fourth-order valence-corrected chi connectivity index (χ4v) is 4.48. The molecule has 2 N–H and O–H groups in total. The number of fused-ring (bicyclic) bond motifs is 2. The van der Waals surface area contributed by atoms with Gasteiger partial charge in [-0.15, -0.1) is 0 Å². The molecule has 1 amide bonds. The van der Waals surface area contributed by atoms with Gasteiger partial charge in [-0.1, -0.05) is 46.3 Å². The molecule has 0 fully saturated rings. The quantitative estimate of drug-likeness (QED) is 0.493. The molecule has 5 rings (SSSR count). The molecule has 1 atom stereocenters. The highest BCUT2D eigenvalue weighted by Crippen LogP contribution is 2.52. The summed E-state index contributed by atoms with van der Waals surface area (Å²) < 4.78 is 0.852. The van der Waals surface area contributed by atoms with E-state index < -0.39 is 5.41 Å². The Balaban J connectivity index is 1.94. The van der Waals surface area contributed by atoms with E-state index in [1.54, 1.807) is 30.1 Å². The number of aromatic nitrogens is 2. The first kappa shape index (κ1) is 17.0. The van der Waals surface area contributed by atoms with E-state index in [1.807, 2.05) is 48.5 Å². The summed E-state index contributed by atoms with van der Waals surface area (Å²) in [6.45, 7) is 0. The standard InChI is InChI=1S/C22H16BrN3O2/c1-26-18-11-10-13(23)12-15(18)22(21(26)28,14-6-2-5-9-19(14)27)20-24-16-7-3-4-8-17(16)25-20/h2-12,27H,1H3,(H,24,25). The van der Waals surface area contributed by atoms with Crippen molar-refractivity contribution in [1.82, 2.24) is 9.97 Å². The van der Waals surface area contributed by atoms with E-state index >= 15 is 0 Å². The molecule has 28 heavy (non-hydrogen) atoms. The SMILES string of the molecule is CN1C(=O)C(c2nc3ccccc3[nH]2)(c2ccccc2O)c2cc(Br)ccc21. The lowest BCUT2D eigenvalue weighted by molar-refractivity contribution is -0.120. The van der Waals surface area contributed by atoms with Gasteiger partial charge in [0.1, 0.15) is 11.6 Å². The number of halogens is 1. The number of hydrogen-bond acceptors (Lipinski definition) is 3. The molecule has 6 heteroatoms. The topological polar surface area (TPSA) is 69.2 Å². The average Bonchev–Trinajstić information content (AvgIpc) is 3.21. The molecule has 0 aliphatic carbocycles. The fourth-order valence-electron chi connectivity index (χ4n) is 4.12. The van der Waals surface area contributed by atoms with Gasteiger partial charge in [-0.2, -0.15) is 0 Å². The van der Waals surface area contributed by atoms with Crippen LogP contribution in [0.2, 0.25) is 0 Å². The molecule has 0 spiro atoms. The summed E-state index contributed by atoms with van der Waals surface area (Å²) in [7, 11) is 1.75. The van der Waals surface area contributed by atoms with Gasteiger partial charge in [0, 0.05) is 28.3 Å². The van der Waals surface area contributed by atoms with Crippen molar-refractivity contribution in [3.8, 4) is 5.75 Å². The van der Waals surface area contributed by atoms with Gasteiger partial charge >= 0.3 is 0 Å². The van der Waals surface area contributed by atoms with Crippen molar-refractivity contribution >= 4 is 38.6 Å². The van der Waals surface area contributed by atoms with Crippen molar-refractivity contribution in [3.63, 3.8) is 0 Å². The number of H-pyrrole nitrogens is 1. The Kier molecular flexibility index (Phi) is 3.61. The molecular formula is C22H16BrN3O2. The zero-order valence-electron chi connectivity index (χ0n) is 15.0. The minimum Gasteiger partial charge on any atom is -0.508 e. The molecule has 1 aliphatic heterocycles. The molecular weight excluding hydrogens is 418 g/mol. The molecule has 0 radical (unpaired) electrons. The smallest absolute Gasteiger partial charge is 0.249 e. The third-order valence-electron chi connectivity index (χ3n) is 5.40. The second-order valence-electron chi connectivity index (χ2n) is 6.90. The number of nitrogens with zero attached hydrogens (tertiary/aromatic N) is 2. The number of carbonyl (C=O) groups is 1. The predicted molar refractivity (Wildman–Crippen MR) is 112 cm³/mol. The Bertz CT molecular complexity index is 1220. The van der Waals surface area contributed by atoms with Gasteiger partial charge in [-0.3, -0.25) is 4.79 Å². The Morgan fingerprint density at radius 3 is 2.57 bits per heavy atom. The number of nitrogens with one attached hydrogen (secondary N) is 1. The van der Waals surface area contributed by atoms with Crippen LogP contribution in [-0.4, -0.2) is 28.0 Å². The van der Waals surface area contributed by atoms with Crippen molar-refractivity contribution in [2.24, 2.45) is 0 Å². The average molecular weight is 434 g/mol. The number of anilines is 1. The summed E-state index contributed by atoms with van der Waals surface area (Å²) in [5.74, 6) is 0.377. The number of aromatic hydroxyl groups is 1. The van der Waals surface area contributed by atoms with Crippen LogP contribution in [0.3, 0.4) is 0 Å². The van der Waals surface area contributed by atoms with Gasteiger partial charge in [-0.25, -0.2) is 4.98 Å². The molecule has 3 aromatic carbocycles. The van der Waals surface area contributed by atoms with Crippen molar-refractivity contribution in [1.29, 1.82) is 0 Å². The molecule has 0 bridgehead atoms. The number of rotatable bonds is 2. The normalized spacial score (nSPS) is 18.6. The Morgan fingerprint density at radius 1 is 1.04 bits per heavy atom. The summed E-state index contributed by atoms with van der Waals surface area (Å²) in [4.78, 5) is 23.5. The number of phenols is 1. The fraction of sp³-hybridized carbons (Fsp3) is 0.0909. The van der Waals surface area contributed by atoms with E-state index in [1.165, 1.54) is 0 Å². The largest absolute Gasteiger partial charge is 0.508 e. The Hall–Kier alpha value is -3.12. The van der Waals surface area contributed by atoms with Gasteiger partial charge in [0.2, 0.25) is 5.91 Å². The van der Waals surface area contributed by atoms with Crippen LogP contribution in [0.4, 0.5) is 5.69 Å². The van der Waals surface area contributed by atoms with Crippen LogP contribution >= 0.6 is 15.9 Å². The third kappa shape index (κ3) is 2.12. The first-order valence-electron chi connectivity index (χ1n) is 8.85. The summed E-state index contributed by atoms with van der Waals surface area (Å²) in [5.41, 5.74) is 2.41. The first-order chi connectivity index (χ1) is 13.5. The molecule has 1 aliphatic rings. The number of phenolic OH excluding ortho intramolecular Hbond substituents is 1. The lowest BCUT2D eigenvalue weighted by Gasteiger charge is -2.27. The predicted octanol–water partition coefficient (Wildman–Crippen LogP) is 4.34. The maximum Gasteiger partial charge on any atom is 0.249 e. The zero-order chi connectivity index (χ0) is 19.5. The van der Waals surface area contributed by atoms with Crippen LogP contribution in [0.5, 0.6) is 5.75 Å². The van der Waals surface area contributed by atoms with Crippen LogP contribution in [-0.2, 0) is 10.2 Å². The van der Waals surface area contributed by atoms with E-state index in [4.69, 9.17) is 4.98 Å². The second-order valence-corrected chi connectivity index (χ2v) is 7.81. The van der Waals surface area contributed by atoms with E-state index in [-0.39, 0.29) is 11.7 Å². The Labute approximate surface area is 169 Å². The molecule has 5 nitrogen and oxygen atoms in total. The molecule has 0 saturated heterocycles. The monoisotopic (exact) mass is 433 g/mol. The van der Waals surface area contributed by atoms with E-state index in [9.17, 15) is 9.90 Å². The molecule has 1 unspecified atom stereocenters. The maximum atomic E-state index is 13.8. The highest BCUT2D eigenvalue weighted by atomic mass is 79.9. The molecule has 1 aromatic heterocycles. The van der Waals surface area contributed by atoms with Gasteiger partial charge in [0.05, 0.1) is 11.0 Å². The van der Waals surface area contributed by atoms with Crippen LogP contribution < -0.4 is 4.90 Å². The van der Waals surface area contributed by atoms with Gasteiger partial charge in [-0.05, 0) is 36.4 Å². The summed E-state index contributed by atoms with van der Waals surface area (Å²) in [5, 5.41) is 10.7. The number of hydrogen-bond donors (Lipinski definition) is 2. The number of imidazole rings is 1. The number of para-hydroxylation sites is 3. The van der Waals surface area contributed by atoms with Crippen LogP contribution in [0, 0.1) is 0 Å². The number of amides is 1. The number of benzene rings is 3. The van der Waals surface area contributed by atoms with Crippen molar-refractivity contribution < 1.29 is 9.90 Å². The number of carbonyl (C=O) groups excluding carboxylic acids is 1. The van der Waals surface area contributed by atoms with Crippen LogP contribution in [0.15, 0.2) is 71.2 Å². The molecule has 0 saturated carbocycles. The maximum absolute atomic E-state index is 13.8. The molecule has 138 valence electrons. The third-order valence-corrected chi connectivity index (χ3v) is 5.90. The van der Waals surface area contributed by atoms with Gasteiger partial charge in [0.25, 0.3) is 0 Å². The van der Waals surface area contributed by atoms with E-state index in [0.717, 1.165) is 26.8 Å². The lowest BCUT2D eigenvalue weighted by atomic mass is 9.74. The molecule has 4 aromatic rings. The summed E-state index contributed by atoms with van der Waals surface area (Å²) in [6.07, 6.45) is 0. The zero-order valence-corrected chi connectivity index (χ0v) is 16.6. The van der Waals surface area contributed by atoms with Crippen LogP contribution in [0.25, 0.3) is 11.0 Å². The van der Waals surface area contributed by atoms with E-state index in [0.29, 0.717) is 11.4 Å². The summed E-state index contributed by atoms with van der Waals surface area (Å²) in [6, 6.07) is 20.3. The number of likely N-dealkylation sites (N-methyl/N-ethyl adjacent to an activating group) is 1. The van der Waals surface area contributed by atoms with Gasteiger partial charge < -0.3 is 15.0 Å². The molecule has 2 heterocycles.